The molecule has 3 fully saturated rings. The largest absolute Gasteiger partial charge is 0.354 e. The topological polar surface area (TPSA) is 65.1 Å². The number of ketones is 1. The Morgan fingerprint density at radius 3 is 2.85 bits per heavy atom. The summed E-state index contributed by atoms with van der Waals surface area (Å²) in [5.74, 6) is 1.84. The maximum absolute atomic E-state index is 12.8. The number of Topliss-reactive ketones (excluding diaryl/α,β-unsaturated/α-hetero) is 1. The van der Waals surface area contributed by atoms with Crippen molar-refractivity contribution < 1.29 is 4.79 Å². The van der Waals surface area contributed by atoms with E-state index in [0.717, 1.165) is 55.7 Å². The lowest BCUT2D eigenvalue weighted by atomic mass is 10.0. The second-order valence-electron chi connectivity index (χ2n) is 8.31. The highest BCUT2D eigenvalue weighted by Gasteiger charge is 2.51. The second kappa shape index (κ2) is 6.34. The van der Waals surface area contributed by atoms with Crippen molar-refractivity contribution in [3.63, 3.8) is 0 Å². The monoisotopic (exact) mass is 353 g/mol. The first kappa shape index (κ1) is 16.2. The molecule has 2 aliphatic carbocycles. The lowest BCUT2D eigenvalue weighted by Gasteiger charge is -2.32. The molecule has 0 aromatic carbocycles. The quantitative estimate of drug-likeness (QED) is 0.916. The van der Waals surface area contributed by atoms with Crippen molar-refractivity contribution >= 4 is 22.6 Å². The van der Waals surface area contributed by atoms with Crippen LogP contribution in [-0.4, -0.2) is 57.4 Å². The van der Waals surface area contributed by atoms with Crippen LogP contribution in [0.25, 0.3) is 11.0 Å². The Balaban J connectivity index is 1.35. The summed E-state index contributed by atoms with van der Waals surface area (Å²) in [5, 5.41) is 1.10. The molecule has 138 valence electrons. The molecule has 2 aromatic rings. The Morgan fingerprint density at radius 1 is 1.19 bits per heavy atom. The van der Waals surface area contributed by atoms with E-state index in [1.165, 1.54) is 25.7 Å². The van der Waals surface area contributed by atoms with E-state index in [-0.39, 0.29) is 5.54 Å². The zero-order valence-corrected chi connectivity index (χ0v) is 15.3. The molecule has 3 aliphatic rings. The third-order valence-corrected chi connectivity index (χ3v) is 6.63. The zero-order valence-electron chi connectivity index (χ0n) is 15.3. The van der Waals surface area contributed by atoms with Crippen LogP contribution in [-0.2, 0) is 4.79 Å². The van der Waals surface area contributed by atoms with Gasteiger partial charge >= 0.3 is 0 Å². The second-order valence-corrected chi connectivity index (χ2v) is 8.31. The Labute approximate surface area is 154 Å². The van der Waals surface area contributed by atoms with Gasteiger partial charge in [0.15, 0.2) is 0 Å². The molecule has 6 heteroatoms. The third-order valence-electron chi connectivity index (χ3n) is 6.63. The first-order chi connectivity index (χ1) is 12.8. The van der Waals surface area contributed by atoms with Gasteiger partial charge in [-0.25, -0.2) is 9.97 Å². The van der Waals surface area contributed by atoms with E-state index in [4.69, 9.17) is 0 Å². The average Bonchev–Trinajstić information content (AvgIpc) is 3.08. The molecule has 3 heterocycles. The number of H-pyrrole nitrogens is 1. The number of carbonyl (C=O) groups is 1. The van der Waals surface area contributed by atoms with Gasteiger partial charge in [-0.05, 0) is 38.2 Å². The van der Waals surface area contributed by atoms with Crippen molar-refractivity contribution in [2.75, 3.05) is 31.1 Å². The summed E-state index contributed by atoms with van der Waals surface area (Å²) in [7, 11) is 0. The van der Waals surface area contributed by atoms with Gasteiger partial charge in [0.1, 0.15) is 23.6 Å². The van der Waals surface area contributed by atoms with Crippen LogP contribution in [0.2, 0.25) is 0 Å². The Kier molecular flexibility index (Phi) is 3.96. The van der Waals surface area contributed by atoms with Crippen molar-refractivity contribution in [1.82, 2.24) is 19.9 Å². The standard InChI is InChI=1S/C20H27N5O/c26-17(15-4-1-2-5-15)12-25-11-3-10-24(13-20(25)7-8-20)19-16-6-9-21-18(16)22-14-23-19/h6,9,14-15H,1-5,7-8,10-13H2,(H,21,22,23). The molecule has 2 aromatic heterocycles. The SMILES string of the molecule is O=C(CN1CCCN(c2ncnc3[nH]ccc23)CC12CC2)C1CCCC1. The first-order valence-electron chi connectivity index (χ1n) is 10.1. The molecule has 0 unspecified atom stereocenters. The predicted molar refractivity (Wildman–Crippen MR) is 101 cm³/mol. The van der Waals surface area contributed by atoms with E-state index in [1.54, 1.807) is 6.33 Å². The summed E-state index contributed by atoms with van der Waals surface area (Å²) < 4.78 is 0. The molecule has 1 spiro atoms. The molecule has 0 radical (unpaired) electrons. The van der Waals surface area contributed by atoms with Gasteiger partial charge in [-0.15, -0.1) is 0 Å². The van der Waals surface area contributed by atoms with Gasteiger partial charge in [0.2, 0.25) is 0 Å². The van der Waals surface area contributed by atoms with Gasteiger partial charge in [-0.1, -0.05) is 12.8 Å². The number of rotatable bonds is 4. The normalized spacial score (nSPS) is 23.6. The van der Waals surface area contributed by atoms with Crippen LogP contribution in [0.4, 0.5) is 5.82 Å². The summed E-state index contributed by atoms with van der Waals surface area (Å²) in [6, 6.07) is 2.07. The van der Waals surface area contributed by atoms with Crippen LogP contribution < -0.4 is 4.90 Å². The third kappa shape index (κ3) is 2.80. The van der Waals surface area contributed by atoms with E-state index >= 15 is 0 Å². The van der Waals surface area contributed by atoms with Gasteiger partial charge in [-0.2, -0.15) is 0 Å². The Morgan fingerprint density at radius 2 is 2.04 bits per heavy atom. The van der Waals surface area contributed by atoms with Crippen molar-refractivity contribution in [2.24, 2.45) is 5.92 Å². The van der Waals surface area contributed by atoms with E-state index in [1.807, 2.05) is 6.20 Å². The number of carbonyl (C=O) groups excluding carboxylic acids is 1. The summed E-state index contributed by atoms with van der Waals surface area (Å²) in [6.07, 6.45) is 11.7. The minimum absolute atomic E-state index is 0.179. The van der Waals surface area contributed by atoms with Crippen LogP contribution in [0.5, 0.6) is 0 Å². The summed E-state index contributed by atoms with van der Waals surface area (Å²) in [5.41, 5.74) is 1.08. The highest BCUT2D eigenvalue weighted by atomic mass is 16.1. The molecule has 2 saturated carbocycles. The predicted octanol–water partition coefficient (Wildman–Crippen LogP) is 2.76. The van der Waals surface area contributed by atoms with Crippen LogP contribution in [0.3, 0.4) is 0 Å². The fraction of sp³-hybridized carbons (Fsp3) is 0.650. The summed E-state index contributed by atoms with van der Waals surface area (Å²) >= 11 is 0. The maximum Gasteiger partial charge on any atom is 0.149 e. The molecular weight excluding hydrogens is 326 g/mol. The molecular formula is C20H27N5O. The zero-order chi connectivity index (χ0) is 17.6. The van der Waals surface area contributed by atoms with Gasteiger partial charge in [-0.3, -0.25) is 9.69 Å². The Hall–Kier alpha value is -1.95. The molecule has 6 nitrogen and oxygen atoms in total. The van der Waals surface area contributed by atoms with E-state index in [0.29, 0.717) is 18.2 Å². The number of aromatic nitrogens is 3. The fourth-order valence-electron chi connectivity index (χ4n) is 4.95. The Bertz CT molecular complexity index is 805. The lowest BCUT2D eigenvalue weighted by molar-refractivity contribution is -0.124. The number of hydrogen-bond donors (Lipinski definition) is 1. The van der Waals surface area contributed by atoms with E-state index in [2.05, 4.69) is 30.8 Å². The van der Waals surface area contributed by atoms with Crippen molar-refractivity contribution in [2.45, 2.75) is 50.5 Å². The van der Waals surface area contributed by atoms with Gasteiger partial charge in [0.05, 0.1) is 11.9 Å². The number of nitrogens with zero attached hydrogens (tertiary/aromatic N) is 4. The van der Waals surface area contributed by atoms with E-state index < -0.39 is 0 Å². The van der Waals surface area contributed by atoms with E-state index in [9.17, 15) is 4.79 Å². The first-order valence-corrected chi connectivity index (χ1v) is 10.1. The summed E-state index contributed by atoms with van der Waals surface area (Å²) in [4.78, 5) is 29.8. The van der Waals surface area contributed by atoms with Gasteiger partial charge in [0, 0.05) is 37.3 Å². The van der Waals surface area contributed by atoms with Crippen LogP contribution in [0.15, 0.2) is 18.6 Å². The van der Waals surface area contributed by atoms with Crippen LogP contribution >= 0.6 is 0 Å². The smallest absolute Gasteiger partial charge is 0.149 e. The summed E-state index contributed by atoms with van der Waals surface area (Å²) in [6.45, 7) is 3.65. The molecule has 0 atom stereocenters. The number of aromatic amines is 1. The molecule has 1 saturated heterocycles. The van der Waals surface area contributed by atoms with Gasteiger partial charge < -0.3 is 9.88 Å². The molecule has 0 bridgehead atoms. The number of hydrogen-bond acceptors (Lipinski definition) is 5. The maximum atomic E-state index is 12.8. The lowest BCUT2D eigenvalue weighted by Crippen LogP contribution is -2.46. The van der Waals surface area contributed by atoms with Crippen LogP contribution in [0, 0.1) is 5.92 Å². The average molecular weight is 353 g/mol. The number of fused-ring (bicyclic) bond motifs is 1. The highest BCUT2D eigenvalue weighted by molar-refractivity contribution is 5.87. The minimum atomic E-state index is 0.179. The molecule has 1 aliphatic heterocycles. The molecule has 26 heavy (non-hydrogen) atoms. The van der Waals surface area contributed by atoms with Crippen molar-refractivity contribution in [3.05, 3.63) is 18.6 Å². The van der Waals surface area contributed by atoms with Crippen molar-refractivity contribution in [1.29, 1.82) is 0 Å². The minimum Gasteiger partial charge on any atom is -0.354 e. The van der Waals surface area contributed by atoms with Crippen molar-refractivity contribution in [3.8, 4) is 0 Å². The highest BCUT2D eigenvalue weighted by Crippen LogP contribution is 2.45. The number of nitrogens with one attached hydrogen (secondary N) is 1. The van der Waals surface area contributed by atoms with Crippen LogP contribution in [0.1, 0.15) is 44.9 Å². The molecule has 5 rings (SSSR count). The molecule has 1 N–H and O–H groups in total. The van der Waals surface area contributed by atoms with Gasteiger partial charge in [0.25, 0.3) is 0 Å². The fourth-order valence-corrected chi connectivity index (χ4v) is 4.95. The number of anilines is 1. The molecule has 0 amide bonds.